The van der Waals surface area contributed by atoms with Gasteiger partial charge in [-0.2, -0.15) is 9.97 Å². The van der Waals surface area contributed by atoms with Gasteiger partial charge in [0.1, 0.15) is 65.1 Å². The second-order valence-corrected chi connectivity index (χ2v) is 13.3. The molecule has 0 bridgehead atoms. The highest BCUT2D eigenvalue weighted by molar-refractivity contribution is 5.82. The van der Waals surface area contributed by atoms with E-state index in [1.165, 1.54) is 36.8 Å². The van der Waals surface area contributed by atoms with E-state index in [4.69, 9.17) is 14.7 Å². The monoisotopic (exact) mass is 778 g/mol. The van der Waals surface area contributed by atoms with E-state index in [0.717, 1.165) is 35.5 Å². The summed E-state index contributed by atoms with van der Waals surface area (Å²) in [6.07, 6.45) is 10.7. The van der Waals surface area contributed by atoms with Crippen molar-refractivity contribution in [1.29, 1.82) is 0 Å². The van der Waals surface area contributed by atoms with Crippen LogP contribution in [0.3, 0.4) is 0 Å². The molecule has 0 spiro atoms. The SMILES string of the molecule is CC(C)C=O.CC(C)c1nnc2ccc(-c3c(-c4ccc(F)cc4F)nc4occn34)cn12.NNc1ccc(-c2c(-c3ccc(F)cc3F)nc3occn23)cn1. The maximum atomic E-state index is 14.5. The van der Waals surface area contributed by atoms with E-state index < -0.39 is 23.3 Å². The van der Waals surface area contributed by atoms with Gasteiger partial charge in [-0.3, -0.25) is 13.2 Å². The molecule has 7 aromatic heterocycles. The zero-order chi connectivity index (χ0) is 40.4. The van der Waals surface area contributed by atoms with Crippen molar-refractivity contribution in [3.63, 3.8) is 0 Å². The zero-order valence-electron chi connectivity index (χ0n) is 30.9. The van der Waals surface area contributed by atoms with Gasteiger partial charge in [0.05, 0.1) is 11.4 Å². The lowest BCUT2D eigenvalue weighted by Crippen LogP contribution is -2.08. The van der Waals surface area contributed by atoms with E-state index >= 15 is 0 Å². The zero-order valence-corrected chi connectivity index (χ0v) is 30.9. The van der Waals surface area contributed by atoms with Crippen LogP contribution in [0.25, 0.3) is 62.4 Å². The summed E-state index contributed by atoms with van der Waals surface area (Å²) >= 11 is 0. The molecule has 0 aliphatic rings. The van der Waals surface area contributed by atoms with Crippen LogP contribution in [0.4, 0.5) is 23.4 Å². The Kier molecular flexibility index (Phi) is 10.7. The molecule has 9 aromatic rings. The molecule has 0 radical (unpaired) electrons. The fraction of sp³-hybridized carbons (Fsp3) is 0.150. The largest absolute Gasteiger partial charge is 0.432 e. The van der Waals surface area contributed by atoms with Crippen molar-refractivity contribution >= 4 is 29.4 Å². The molecule has 0 unspecified atom stereocenters. The van der Waals surface area contributed by atoms with Crippen molar-refractivity contribution in [3.05, 3.63) is 127 Å². The molecular formula is C40H34F4N10O3. The number of carbonyl (C=O) groups is 1. The van der Waals surface area contributed by atoms with E-state index in [0.29, 0.717) is 45.8 Å². The number of aromatic nitrogens is 8. The van der Waals surface area contributed by atoms with E-state index in [9.17, 15) is 22.4 Å². The summed E-state index contributed by atoms with van der Waals surface area (Å²) in [7, 11) is 0. The quantitative estimate of drug-likeness (QED) is 0.0693. The van der Waals surface area contributed by atoms with Crippen molar-refractivity contribution < 1.29 is 31.2 Å². The number of nitrogens with two attached hydrogens (primary N) is 1. The summed E-state index contributed by atoms with van der Waals surface area (Å²) in [5, 5.41) is 8.43. The van der Waals surface area contributed by atoms with Gasteiger partial charge in [-0.1, -0.05) is 27.7 Å². The summed E-state index contributed by atoms with van der Waals surface area (Å²) in [5.41, 5.74) is 6.92. The first kappa shape index (κ1) is 38.1. The number of hydrogen-bond donors (Lipinski definition) is 2. The van der Waals surface area contributed by atoms with Crippen LogP contribution >= 0.6 is 0 Å². The van der Waals surface area contributed by atoms with E-state index in [1.54, 1.807) is 39.5 Å². The smallest absolute Gasteiger partial charge is 0.306 e. The molecule has 0 saturated carbocycles. The second-order valence-electron chi connectivity index (χ2n) is 13.3. The highest BCUT2D eigenvalue weighted by atomic mass is 19.1. The molecule has 0 aliphatic heterocycles. The molecule has 0 amide bonds. The molecule has 57 heavy (non-hydrogen) atoms. The van der Waals surface area contributed by atoms with Gasteiger partial charge < -0.3 is 19.1 Å². The summed E-state index contributed by atoms with van der Waals surface area (Å²) < 4.78 is 71.3. The summed E-state index contributed by atoms with van der Waals surface area (Å²) in [5.74, 6) is 4.94. The average Bonchev–Trinajstić information content (AvgIpc) is 4.03. The van der Waals surface area contributed by atoms with Crippen molar-refractivity contribution in [1.82, 2.24) is 38.4 Å². The number of oxazole rings is 2. The number of halogens is 4. The number of nitrogens with zero attached hydrogens (tertiary/aromatic N) is 8. The second kappa shape index (κ2) is 15.9. The average molecular weight is 779 g/mol. The molecule has 7 heterocycles. The highest BCUT2D eigenvalue weighted by Crippen LogP contribution is 2.36. The highest BCUT2D eigenvalue weighted by Gasteiger charge is 2.23. The summed E-state index contributed by atoms with van der Waals surface area (Å²) in [6, 6.07) is 14.0. The molecule has 3 N–H and O–H groups in total. The molecule has 0 fully saturated rings. The Labute approximate surface area is 321 Å². The number of pyridine rings is 2. The van der Waals surface area contributed by atoms with Crippen LogP contribution in [-0.4, -0.2) is 44.6 Å². The molecule has 9 rings (SSSR count). The number of hydrogen-bond acceptors (Lipinski definition) is 10. The number of imidazole rings is 2. The number of nitrogen functional groups attached to an aromatic ring is 1. The Morgan fingerprint density at radius 2 is 1.26 bits per heavy atom. The van der Waals surface area contributed by atoms with Crippen LogP contribution in [0.2, 0.25) is 0 Å². The topological polar surface area (TPSA) is 159 Å². The predicted molar refractivity (Wildman–Crippen MR) is 204 cm³/mol. The summed E-state index contributed by atoms with van der Waals surface area (Å²) in [6.45, 7) is 7.78. The number of nitrogens with one attached hydrogen (secondary N) is 1. The third kappa shape index (κ3) is 7.59. The number of anilines is 1. The van der Waals surface area contributed by atoms with Gasteiger partial charge in [-0.05, 0) is 48.5 Å². The number of rotatable bonds is 7. The van der Waals surface area contributed by atoms with Crippen molar-refractivity contribution in [3.8, 4) is 45.0 Å². The lowest BCUT2D eigenvalue weighted by molar-refractivity contribution is -0.110. The number of carbonyl (C=O) groups excluding carboxylic acids is 1. The van der Waals surface area contributed by atoms with Gasteiger partial charge in [-0.25, -0.2) is 28.4 Å². The third-order valence-electron chi connectivity index (χ3n) is 8.57. The van der Waals surface area contributed by atoms with Crippen molar-refractivity contribution in [2.75, 3.05) is 5.43 Å². The van der Waals surface area contributed by atoms with Gasteiger partial charge >= 0.3 is 11.7 Å². The Hall–Kier alpha value is -7.14. The fourth-order valence-electron chi connectivity index (χ4n) is 5.92. The van der Waals surface area contributed by atoms with Crippen molar-refractivity contribution in [2.24, 2.45) is 11.8 Å². The van der Waals surface area contributed by atoms with Gasteiger partial charge in [0, 0.05) is 71.0 Å². The Balaban J connectivity index is 0.000000157. The van der Waals surface area contributed by atoms with Gasteiger partial charge in [0.15, 0.2) is 5.65 Å². The maximum Gasteiger partial charge on any atom is 0.306 e. The number of hydrazine groups is 1. The minimum absolute atomic E-state index is 0.173. The van der Waals surface area contributed by atoms with E-state index in [2.05, 4.69) is 30.6 Å². The fourth-order valence-corrected chi connectivity index (χ4v) is 5.92. The Morgan fingerprint density at radius 1 is 0.719 bits per heavy atom. The minimum atomic E-state index is -0.704. The lowest BCUT2D eigenvalue weighted by Gasteiger charge is -2.08. The standard InChI is InChI=1S/C20H15F2N5O.C16H11F2N5O.C4H8O/c1-11(2)19-25-24-16-6-3-12(10-27(16)19)18-17(23-20-26(18)7-8-28-20)14-5-4-13(21)9-15(14)22;17-10-2-3-11(12(18)7-10)14-15(23-5-6-24-16(23)21-14)9-1-4-13(22-19)20-8-9;1-4(2)3-5/h3-11H,1-2H3;1-8H,19H2,(H,20,22);3-4H,1-2H3. The van der Waals surface area contributed by atoms with Crippen LogP contribution in [0, 0.1) is 29.2 Å². The van der Waals surface area contributed by atoms with Gasteiger partial charge in [0.25, 0.3) is 0 Å². The first-order chi connectivity index (χ1) is 27.5. The Morgan fingerprint density at radius 3 is 1.74 bits per heavy atom. The predicted octanol–water partition coefficient (Wildman–Crippen LogP) is 8.77. The molecule has 17 heteroatoms. The summed E-state index contributed by atoms with van der Waals surface area (Å²) in [4.78, 5) is 22.4. The Bertz CT molecular complexity index is 2840. The van der Waals surface area contributed by atoms with Crippen molar-refractivity contribution in [2.45, 2.75) is 33.6 Å². The molecule has 290 valence electrons. The van der Waals surface area contributed by atoms with E-state index in [-0.39, 0.29) is 23.0 Å². The number of benzene rings is 2. The normalized spacial score (nSPS) is 11.3. The van der Waals surface area contributed by atoms with Crippen LogP contribution in [0.5, 0.6) is 0 Å². The van der Waals surface area contributed by atoms with Gasteiger partial charge in [-0.15, -0.1) is 10.2 Å². The molecule has 0 aliphatic carbocycles. The molecule has 0 atom stereocenters. The minimum Gasteiger partial charge on any atom is -0.432 e. The van der Waals surface area contributed by atoms with Crippen LogP contribution in [0.15, 0.2) is 107 Å². The first-order valence-corrected chi connectivity index (χ1v) is 17.5. The van der Waals surface area contributed by atoms with Gasteiger partial charge in [0.2, 0.25) is 0 Å². The lowest BCUT2D eigenvalue weighted by atomic mass is 10.1. The first-order valence-electron chi connectivity index (χ1n) is 17.5. The van der Waals surface area contributed by atoms with Crippen LogP contribution in [0.1, 0.15) is 39.4 Å². The molecule has 2 aromatic carbocycles. The van der Waals surface area contributed by atoms with Crippen LogP contribution < -0.4 is 11.3 Å². The van der Waals surface area contributed by atoms with E-state index in [1.807, 2.05) is 50.4 Å². The molecule has 0 saturated heterocycles. The number of aldehydes is 1. The maximum absolute atomic E-state index is 14.5. The molecular weight excluding hydrogens is 744 g/mol. The van der Waals surface area contributed by atoms with Crippen LogP contribution in [-0.2, 0) is 4.79 Å². The number of fused-ring (bicyclic) bond motifs is 3. The third-order valence-corrected chi connectivity index (χ3v) is 8.57. The molecule has 13 nitrogen and oxygen atoms in total.